The fourth-order valence-electron chi connectivity index (χ4n) is 3.27. The monoisotopic (exact) mass is 378 g/mol. The lowest BCUT2D eigenvalue weighted by Gasteiger charge is -2.24. The Balaban J connectivity index is 1.66. The molecule has 2 aliphatic heterocycles. The maximum absolute atomic E-state index is 11.5. The van der Waals surface area contributed by atoms with E-state index in [0.29, 0.717) is 45.3 Å². The van der Waals surface area contributed by atoms with Crippen LogP contribution in [-0.4, -0.2) is 66.5 Å². The number of pyridine rings is 1. The molecule has 0 saturated carbocycles. The van der Waals surface area contributed by atoms with Crippen molar-refractivity contribution >= 4 is 34.8 Å². The number of anilines is 2. The molecule has 2 aromatic rings. The van der Waals surface area contributed by atoms with Crippen LogP contribution in [0.3, 0.4) is 0 Å². The maximum atomic E-state index is 11.5. The van der Waals surface area contributed by atoms with Gasteiger partial charge in [0.15, 0.2) is 5.58 Å². The lowest BCUT2D eigenvalue weighted by Crippen LogP contribution is -2.36. The molecular weight excluding hydrogens is 360 g/mol. The van der Waals surface area contributed by atoms with Gasteiger partial charge in [0.1, 0.15) is 6.10 Å². The van der Waals surface area contributed by atoms with Crippen LogP contribution >= 0.6 is 0 Å². The summed E-state index contributed by atoms with van der Waals surface area (Å²) in [6, 6.07) is 1.69. The van der Waals surface area contributed by atoms with Gasteiger partial charge in [-0.1, -0.05) is 0 Å². The third kappa shape index (κ3) is 3.43. The van der Waals surface area contributed by atoms with Gasteiger partial charge in [0.05, 0.1) is 30.7 Å². The largest absolute Gasteiger partial charge is 0.444 e. The number of ether oxygens (including phenoxy) is 2. The second kappa shape index (κ2) is 6.87. The van der Waals surface area contributed by atoms with Crippen molar-refractivity contribution in [3.63, 3.8) is 0 Å². The molecule has 2 N–H and O–H groups in total. The van der Waals surface area contributed by atoms with Gasteiger partial charge in [-0.15, -0.1) is 0 Å². The summed E-state index contributed by atoms with van der Waals surface area (Å²) in [7, 11) is 0. The first kappa shape index (κ1) is 17.3. The van der Waals surface area contributed by atoms with Gasteiger partial charge in [-0.2, -0.15) is 4.98 Å². The van der Waals surface area contributed by atoms with Crippen molar-refractivity contribution in [2.24, 2.45) is 5.73 Å². The van der Waals surface area contributed by atoms with E-state index in [9.17, 15) is 14.9 Å². The smallest absolute Gasteiger partial charge is 0.404 e. The second-order valence-electron chi connectivity index (χ2n) is 6.30. The normalized spacial score (nSPS) is 20.2. The highest BCUT2D eigenvalue weighted by Crippen LogP contribution is 2.34. The molecule has 12 heteroatoms. The van der Waals surface area contributed by atoms with Crippen LogP contribution in [-0.2, 0) is 9.47 Å². The molecule has 0 spiro atoms. The molecule has 1 atom stereocenters. The van der Waals surface area contributed by atoms with E-state index < -0.39 is 17.1 Å². The maximum Gasteiger partial charge on any atom is 0.404 e. The number of rotatable bonds is 4. The van der Waals surface area contributed by atoms with Gasteiger partial charge in [0, 0.05) is 26.1 Å². The summed E-state index contributed by atoms with van der Waals surface area (Å²) in [5, 5.41) is 11.5. The Morgan fingerprint density at radius 3 is 2.78 bits per heavy atom. The van der Waals surface area contributed by atoms with E-state index in [2.05, 4.69) is 9.97 Å². The molecule has 0 radical (unpaired) electrons. The van der Waals surface area contributed by atoms with E-state index in [4.69, 9.17) is 19.6 Å². The molecule has 2 saturated heterocycles. The predicted molar refractivity (Wildman–Crippen MR) is 92.8 cm³/mol. The number of oxazole rings is 1. The van der Waals surface area contributed by atoms with Crippen molar-refractivity contribution < 1.29 is 23.6 Å². The average Bonchev–Trinajstić information content (AvgIpc) is 3.27. The number of fused-ring (bicyclic) bond motifs is 1. The zero-order valence-electron chi connectivity index (χ0n) is 14.4. The van der Waals surface area contributed by atoms with E-state index in [0.717, 1.165) is 0 Å². The molecule has 27 heavy (non-hydrogen) atoms. The first-order chi connectivity index (χ1) is 13.0. The minimum Gasteiger partial charge on any atom is -0.444 e. The van der Waals surface area contributed by atoms with Gasteiger partial charge in [-0.05, 0) is 0 Å². The van der Waals surface area contributed by atoms with Gasteiger partial charge >= 0.3 is 11.8 Å². The molecule has 2 aromatic heterocycles. The standard InChI is InChI=1S/C15H18N6O6/c16-14(22)26-9-1-2-20(8-9)13-10(21(23)24)7-11-12(17-13)18-15(27-11)19-3-5-25-6-4-19/h7,9H,1-6,8H2,(H2,16,22)/t9-/m0/s1. The summed E-state index contributed by atoms with van der Waals surface area (Å²) in [4.78, 5) is 34.3. The third-order valence-corrected chi connectivity index (χ3v) is 4.54. The van der Waals surface area contributed by atoms with Gasteiger partial charge in [0.25, 0.3) is 6.01 Å². The summed E-state index contributed by atoms with van der Waals surface area (Å²) in [5.74, 6) is 0.171. The number of nitro groups is 1. The number of hydrogen-bond acceptors (Lipinski definition) is 10. The molecule has 2 aliphatic rings. The zero-order valence-corrected chi connectivity index (χ0v) is 14.4. The Bertz CT molecular complexity index is 879. The number of carbonyl (C=O) groups excluding carboxylic acids is 1. The average molecular weight is 378 g/mol. The lowest BCUT2D eigenvalue weighted by molar-refractivity contribution is -0.384. The number of aromatic nitrogens is 2. The Morgan fingerprint density at radius 1 is 1.30 bits per heavy atom. The molecule has 144 valence electrons. The van der Waals surface area contributed by atoms with E-state index >= 15 is 0 Å². The molecule has 0 aliphatic carbocycles. The van der Waals surface area contributed by atoms with Crippen LogP contribution in [0, 0.1) is 10.1 Å². The highest BCUT2D eigenvalue weighted by molar-refractivity contribution is 5.79. The molecule has 0 bridgehead atoms. The number of carbonyl (C=O) groups is 1. The van der Waals surface area contributed by atoms with Crippen LogP contribution in [0.2, 0.25) is 0 Å². The fraction of sp³-hybridized carbons (Fsp3) is 0.533. The van der Waals surface area contributed by atoms with Crippen molar-refractivity contribution in [2.75, 3.05) is 49.2 Å². The van der Waals surface area contributed by atoms with Crippen LogP contribution < -0.4 is 15.5 Å². The van der Waals surface area contributed by atoms with Crippen LogP contribution in [0.15, 0.2) is 10.5 Å². The molecular formula is C15H18N6O6. The first-order valence-corrected chi connectivity index (χ1v) is 8.51. The second-order valence-corrected chi connectivity index (χ2v) is 6.30. The predicted octanol–water partition coefficient (Wildman–Crippen LogP) is 0.642. The summed E-state index contributed by atoms with van der Waals surface area (Å²) in [6.07, 6.45) is -0.787. The Labute approximate surface area is 153 Å². The fourth-order valence-corrected chi connectivity index (χ4v) is 3.27. The van der Waals surface area contributed by atoms with E-state index in [1.54, 1.807) is 4.90 Å². The van der Waals surface area contributed by atoms with Crippen molar-refractivity contribution in [2.45, 2.75) is 12.5 Å². The molecule has 12 nitrogen and oxygen atoms in total. The Hall–Kier alpha value is -3.15. The SMILES string of the molecule is NC(=O)O[C@H]1CCN(c2nc3nc(N4CCOCC4)oc3cc2[N+](=O)[O-])C1. The number of nitrogens with two attached hydrogens (primary N) is 1. The Kier molecular flexibility index (Phi) is 4.39. The summed E-state index contributed by atoms with van der Waals surface area (Å²) < 4.78 is 16.0. The van der Waals surface area contributed by atoms with Gasteiger partial charge in [0.2, 0.25) is 11.5 Å². The van der Waals surface area contributed by atoms with Crippen LogP contribution in [0.5, 0.6) is 0 Å². The van der Waals surface area contributed by atoms with Crippen LogP contribution in [0.25, 0.3) is 11.2 Å². The van der Waals surface area contributed by atoms with E-state index in [1.165, 1.54) is 6.07 Å². The van der Waals surface area contributed by atoms with E-state index in [-0.39, 0.29) is 29.3 Å². The highest BCUT2D eigenvalue weighted by atomic mass is 16.6. The number of hydrogen-bond donors (Lipinski definition) is 1. The minimum atomic E-state index is -0.869. The summed E-state index contributed by atoms with van der Waals surface area (Å²) in [5.41, 5.74) is 5.39. The van der Waals surface area contributed by atoms with Gasteiger partial charge in [-0.25, -0.2) is 9.78 Å². The number of amides is 1. The summed E-state index contributed by atoms with van der Waals surface area (Å²) in [6.45, 7) is 3.10. The minimum absolute atomic E-state index is 0.171. The van der Waals surface area contributed by atoms with Crippen molar-refractivity contribution in [3.8, 4) is 0 Å². The summed E-state index contributed by atoms with van der Waals surface area (Å²) >= 11 is 0. The molecule has 4 heterocycles. The third-order valence-electron chi connectivity index (χ3n) is 4.54. The highest BCUT2D eigenvalue weighted by Gasteiger charge is 2.32. The molecule has 2 fully saturated rings. The molecule has 4 rings (SSSR count). The number of nitrogens with zero attached hydrogens (tertiary/aromatic N) is 5. The molecule has 1 amide bonds. The van der Waals surface area contributed by atoms with Crippen molar-refractivity contribution in [3.05, 3.63) is 16.2 Å². The van der Waals surface area contributed by atoms with Gasteiger partial charge < -0.3 is 29.4 Å². The number of primary amides is 1. The zero-order chi connectivity index (χ0) is 19.0. The van der Waals surface area contributed by atoms with Gasteiger partial charge in [-0.3, -0.25) is 10.1 Å². The quantitative estimate of drug-likeness (QED) is 0.593. The van der Waals surface area contributed by atoms with Crippen molar-refractivity contribution in [1.82, 2.24) is 9.97 Å². The molecule has 0 unspecified atom stereocenters. The first-order valence-electron chi connectivity index (χ1n) is 8.51. The number of morpholine rings is 1. The molecule has 0 aromatic carbocycles. The van der Waals surface area contributed by atoms with Crippen LogP contribution in [0.4, 0.5) is 22.3 Å². The topological polar surface area (TPSA) is 150 Å². The van der Waals surface area contributed by atoms with E-state index in [1.807, 2.05) is 4.90 Å². The van der Waals surface area contributed by atoms with Crippen molar-refractivity contribution in [1.29, 1.82) is 0 Å². The Morgan fingerprint density at radius 2 is 2.07 bits per heavy atom. The lowest BCUT2D eigenvalue weighted by atomic mass is 10.3. The van der Waals surface area contributed by atoms with Crippen LogP contribution in [0.1, 0.15) is 6.42 Å².